The van der Waals surface area contributed by atoms with Crippen molar-refractivity contribution >= 4 is 22.5 Å². The fourth-order valence-electron chi connectivity index (χ4n) is 1.74. The Morgan fingerprint density at radius 1 is 1.23 bits per heavy atom. The molecule has 13 heavy (non-hydrogen) atoms. The molecule has 1 N–H and O–H groups in total. The lowest BCUT2D eigenvalue weighted by Crippen LogP contribution is -1.74. The van der Waals surface area contributed by atoms with Gasteiger partial charge in [0, 0.05) is 16.2 Å². The average molecular weight is 192 g/mol. The first kappa shape index (κ1) is 7.45. The van der Waals surface area contributed by atoms with Gasteiger partial charge in [-0.25, -0.2) is 0 Å². The summed E-state index contributed by atoms with van der Waals surface area (Å²) < 4.78 is 0. The Labute approximate surface area is 81.7 Å². The summed E-state index contributed by atoms with van der Waals surface area (Å²) in [6.45, 7) is 0. The molecule has 1 aromatic heterocycles. The number of nitrogens with one attached hydrogen (secondary N) is 1. The minimum atomic E-state index is 0.783. The predicted octanol–water partition coefficient (Wildman–Crippen LogP) is 3.70. The topological polar surface area (TPSA) is 15.8 Å². The average Bonchev–Trinajstić information content (AvgIpc) is 2.87. The number of halogens is 1. The van der Waals surface area contributed by atoms with Gasteiger partial charge in [0.15, 0.2) is 0 Å². The summed E-state index contributed by atoms with van der Waals surface area (Å²) in [4.78, 5) is 3.41. The van der Waals surface area contributed by atoms with Gasteiger partial charge in [-0.15, -0.1) is 0 Å². The van der Waals surface area contributed by atoms with Crippen molar-refractivity contribution < 1.29 is 0 Å². The van der Waals surface area contributed by atoms with Gasteiger partial charge in [0.2, 0.25) is 0 Å². The van der Waals surface area contributed by atoms with Crippen LogP contribution in [-0.4, -0.2) is 4.98 Å². The van der Waals surface area contributed by atoms with Crippen molar-refractivity contribution in [2.75, 3.05) is 0 Å². The van der Waals surface area contributed by atoms with Crippen molar-refractivity contribution in [3.63, 3.8) is 0 Å². The number of aromatic nitrogens is 1. The highest BCUT2D eigenvalue weighted by atomic mass is 35.5. The molecule has 1 saturated carbocycles. The first-order chi connectivity index (χ1) is 6.33. The monoisotopic (exact) mass is 191 g/mol. The zero-order valence-electron chi connectivity index (χ0n) is 7.18. The minimum Gasteiger partial charge on any atom is -0.358 e. The van der Waals surface area contributed by atoms with E-state index in [1.165, 1.54) is 23.9 Å². The maximum absolute atomic E-state index is 5.90. The van der Waals surface area contributed by atoms with Gasteiger partial charge in [0.1, 0.15) is 0 Å². The van der Waals surface area contributed by atoms with Crippen molar-refractivity contribution in [3.8, 4) is 0 Å². The molecule has 0 amide bonds. The van der Waals surface area contributed by atoms with Crippen LogP contribution in [0.15, 0.2) is 24.3 Å². The summed E-state index contributed by atoms with van der Waals surface area (Å²) in [6.07, 6.45) is 2.67. The van der Waals surface area contributed by atoms with E-state index >= 15 is 0 Å². The van der Waals surface area contributed by atoms with Crippen LogP contribution in [0.3, 0.4) is 0 Å². The van der Waals surface area contributed by atoms with Crippen LogP contribution in [0, 0.1) is 0 Å². The minimum absolute atomic E-state index is 0.783. The molecule has 1 nitrogen and oxygen atoms in total. The van der Waals surface area contributed by atoms with Crippen LogP contribution in [-0.2, 0) is 0 Å². The summed E-state index contributed by atoms with van der Waals surface area (Å²) in [5.74, 6) is 0.783. The van der Waals surface area contributed by atoms with Crippen LogP contribution < -0.4 is 0 Å². The van der Waals surface area contributed by atoms with Crippen LogP contribution in [0.4, 0.5) is 0 Å². The fraction of sp³-hybridized carbons (Fsp3) is 0.273. The first-order valence-corrected chi connectivity index (χ1v) is 4.99. The van der Waals surface area contributed by atoms with E-state index in [1.54, 1.807) is 0 Å². The third kappa shape index (κ3) is 1.24. The van der Waals surface area contributed by atoms with Gasteiger partial charge in [0.05, 0.1) is 0 Å². The first-order valence-electron chi connectivity index (χ1n) is 4.61. The Morgan fingerprint density at radius 3 is 2.85 bits per heavy atom. The molecule has 0 unspecified atom stereocenters. The summed E-state index contributed by atoms with van der Waals surface area (Å²) in [6, 6.07) is 8.24. The smallest absolute Gasteiger partial charge is 0.0471 e. The molecule has 66 valence electrons. The highest BCUT2D eigenvalue weighted by Gasteiger charge is 2.24. The Kier molecular flexibility index (Phi) is 1.44. The molecular formula is C11H10ClN. The fourth-order valence-corrected chi connectivity index (χ4v) is 1.91. The summed E-state index contributed by atoms with van der Waals surface area (Å²) >= 11 is 5.90. The van der Waals surface area contributed by atoms with E-state index in [9.17, 15) is 0 Å². The zero-order valence-corrected chi connectivity index (χ0v) is 7.93. The van der Waals surface area contributed by atoms with E-state index < -0.39 is 0 Å². The molecule has 3 rings (SSSR count). The number of hydrogen-bond donors (Lipinski definition) is 1. The molecule has 0 spiro atoms. The highest BCUT2D eigenvalue weighted by molar-refractivity contribution is 6.31. The molecular weight excluding hydrogens is 182 g/mol. The molecule has 1 aliphatic rings. The van der Waals surface area contributed by atoms with Crippen molar-refractivity contribution in [2.45, 2.75) is 18.8 Å². The van der Waals surface area contributed by atoms with Crippen molar-refractivity contribution in [2.24, 2.45) is 0 Å². The standard InChI is InChI=1S/C11H10ClN/c12-9-4-3-8-5-10(7-1-2-7)13-11(8)6-9/h3-7,13H,1-2H2. The Morgan fingerprint density at radius 2 is 2.08 bits per heavy atom. The summed E-state index contributed by atoms with van der Waals surface area (Å²) in [5.41, 5.74) is 2.53. The molecule has 0 atom stereocenters. The van der Waals surface area contributed by atoms with Gasteiger partial charge in [-0.3, -0.25) is 0 Å². The lowest BCUT2D eigenvalue weighted by molar-refractivity contribution is 1.06. The molecule has 2 aromatic rings. The zero-order chi connectivity index (χ0) is 8.84. The lowest BCUT2D eigenvalue weighted by atomic mass is 10.2. The van der Waals surface area contributed by atoms with Crippen molar-refractivity contribution in [1.82, 2.24) is 4.98 Å². The van der Waals surface area contributed by atoms with E-state index in [-0.39, 0.29) is 0 Å². The SMILES string of the molecule is Clc1ccc2cc(C3CC3)[nH]c2c1. The number of aromatic amines is 1. The second-order valence-corrected chi connectivity index (χ2v) is 4.17. The van der Waals surface area contributed by atoms with Crippen LogP contribution in [0.25, 0.3) is 10.9 Å². The van der Waals surface area contributed by atoms with Gasteiger partial charge in [-0.1, -0.05) is 17.7 Å². The van der Waals surface area contributed by atoms with Crippen molar-refractivity contribution in [1.29, 1.82) is 0 Å². The van der Waals surface area contributed by atoms with Gasteiger partial charge >= 0.3 is 0 Å². The van der Waals surface area contributed by atoms with Crippen LogP contribution in [0.2, 0.25) is 5.02 Å². The lowest BCUT2D eigenvalue weighted by Gasteiger charge is -1.89. The molecule has 0 aliphatic heterocycles. The maximum Gasteiger partial charge on any atom is 0.0471 e. The number of rotatable bonds is 1. The molecule has 0 saturated heterocycles. The van der Waals surface area contributed by atoms with Crippen LogP contribution in [0.5, 0.6) is 0 Å². The molecule has 1 heterocycles. The largest absolute Gasteiger partial charge is 0.358 e. The van der Waals surface area contributed by atoms with Gasteiger partial charge in [-0.05, 0) is 42.3 Å². The predicted molar refractivity (Wildman–Crippen MR) is 55.3 cm³/mol. The molecule has 0 radical (unpaired) electrons. The van der Waals surface area contributed by atoms with Gasteiger partial charge < -0.3 is 4.98 Å². The van der Waals surface area contributed by atoms with E-state index in [4.69, 9.17) is 11.6 Å². The quantitative estimate of drug-likeness (QED) is 0.708. The second kappa shape index (κ2) is 2.52. The normalized spacial score (nSPS) is 16.7. The van der Waals surface area contributed by atoms with Gasteiger partial charge in [0.25, 0.3) is 0 Å². The molecule has 2 heteroatoms. The Bertz CT molecular complexity index is 454. The number of fused-ring (bicyclic) bond motifs is 1. The van der Waals surface area contributed by atoms with Crippen LogP contribution in [0.1, 0.15) is 24.5 Å². The van der Waals surface area contributed by atoms with E-state index in [2.05, 4.69) is 17.1 Å². The number of H-pyrrole nitrogens is 1. The third-order valence-electron chi connectivity index (χ3n) is 2.62. The highest BCUT2D eigenvalue weighted by Crippen LogP contribution is 2.40. The van der Waals surface area contributed by atoms with Crippen molar-refractivity contribution in [3.05, 3.63) is 35.0 Å². The summed E-state index contributed by atoms with van der Waals surface area (Å²) in [7, 11) is 0. The van der Waals surface area contributed by atoms with Gasteiger partial charge in [-0.2, -0.15) is 0 Å². The number of benzene rings is 1. The second-order valence-electron chi connectivity index (χ2n) is 3.73. The van der Waals surface area contributed by atoms with E-state index in [0.29, 0.717) is 0 Å². The third-order valence-corrected chi connectivity index (χ3v) is 2.86. The van der Waals surface area contributed by atoms with E-state index in [1.807, 2.05) is 12.1 Å². The molecule has 0 bridgehead atoms. The summed E-state index contributed by atoms with van der Waals surface area (Å²) in [5, 5.41) is 2.07. The molecule has 1 aromatic carbocycles. The number of hydrogen-bond acceptors (Lipinski definition) is 0. The van der Waals surface area contributed by atoms with E-state index in [0.717, 1.165) is 16.5 Å². The molecule has 1 fully saturated rings. The van der Waals surface area contributed by atoms with Crippen LogP contribution >= 0.6 is 11.6 Å². The Balaban J connectivity index is 2.20. The molecule has 1 aliphatic carbocycles. The maximum atomic E-state index is 5.90. The Hall–Kier alpha value is -0.950.